The van der Waals surface area contributed by atoms with Crippen LogP contribution in [0.15, 0.2) is 46.9 Å². The van der Waals surface area contributed by atoms with Gasteiger partial charge in [0.1, 0.15) is 5.75 Å². The second kappa shape index (κ2) is 11.2. The highest BCUT2D eigenvalue weighted by atomic mass is 79.9. The van der Waals surface area contributed by atoms with Crippen LogP contribution in [0, 0.1) is 0 Å². The number of carbonyl (C=O) groups is 2. The first kappa shape index (κ1) is 24.8. The van der Waals surface area contributed by atoms with Crippen molar-refractivity contribution in [3.8, 4) is 5.75 Å². The van der Waals surface area contributed by atoms with Crippen LogP contribution in [-0.2, 0) is 0 Å². The van der Waals surface area contributed by atoms with Gasteiger partial charge in [0.25, 0.3) is 11.8 Å². The highest BCUT2D eigenvalue weighted by molar-refractivity contribution is 9.10. The molecule has 0 radical (unpaired) electrons. The van der Waals surface area contributed by atoms with E-state index < -0.39 is 0 Å². The average molecular weight is 506 g/mol. The third-order valence-corrected chi connectivity index (χ3v) is 4.89. The lowest BCUT2D eigenvalue weighted by Crippen LogP contribution is -2.40. The molecule has 2 aromatic carbocycles. The van der Waals surface area contributed by atoms with Crippen LogP contribution in [0.25, 0.3) is 0 Å². The highest BCUT2D eigenvalue weighted by Gasteiger charge is 2.15. The number of hydrogen-bond acceptors (Lipinski definition) is 4. The molecule has 0 heterocycles. The van der Waals surface area contributed by atoms with Crippen molar-refractivity contribution in [2.45, 2.75) is 46.1 Å². The monoisotopic (exact) mass is 505 g/mol. The van der Waals surface area contributed by atoms with E-state index in [4.69, 9.17) is 17.0 Å². The van der Waals surface area contributed by atoms with E-state index in [1.54, 1.807) is 42.5 Å². The number of unbranched alkanes of at least 4 members (excludes halogenated alkanes) is 1. The first-order chi connectivity index (χ1) is 14.6. The van der Waals surface area contributed by atoms with Crippen LogP contribution < -0.4 is 20.7 Å². The SMILES string of the molecule is CCCCOc1ccc(C(=O)NC(=S)Nc2ccc(C(=O)NC(C)(C)C)cc2)cc1Br. The van der Waals surface area contributed by atoms with Crippen molar-refractivity contribution in [2.24, 2.45) is 0 Å². The summed E-state index contributed by atoms with van der Waals surface area (Å²) in [6.45, 7) is 8.50. The Hall–Kier alpha value is -2.45. The number of halogens is 1. The Balaban J connectivity index is 1.92. The minimum Gasteiger partial charge on any atom is -0.492 e. The van der Waals surface area contributed by atoms with Gasteiger partial charge in [0, 0.05) is 22.4 Å². The summed E-state index contributed by atoms with van der Waals surface area (Å²) in [5, 5.41) is 8.67. The van der Waals surface area contributed by atoms with Crippen LogP contribution in [0.3, 0.4) is 0 Å². The smallest absolute Gasteiger partial charge is 0.257 e. The summed E-state index contributed by atoms with van der Waals surface area (Å²) in [5.74, 6) is 0.211. The maximum absolute atomic E-state index is 12.5. The van der Waals surface area contributed by atoms with E-state index in [-0.39, 0.29) is 22.5 Å². The molecule has 0 fully saturated rings. The molecule has 6 nitrogen and oxygen atoms in total. The van der Waals surface area contributed by atoms with Gasteiger partial charge < -0.3 is 15.4 Å². The fourth-order valence-corrected chi connectivity index (χ4v) is 3.24. The number of rotatable bonds is 7. The van der Waals surface area contributed by atoms with Crippen molar-refractivity contribution in [2.75, 3.05) is 11.9 Å². The van der Waals surface area contributed by atoms with Crippen LogP contribution in [0.4, 0.5) is 5.69 Å². The molecule has 0 bridgehead atoms. The first-order valence-electron chi connectivity index (χ1n) is 10.1. The van der Waals surface area contributed by atoms with Gasteiger partial charge in [0.05, 0.1) is 11.1 Å². The van der Waals surface area contributed by atoms with Gasteiger partial charge >= 0.3 is 0 Å². The van der Waals surface area contributed by atoms with Crippen LogP contribution >= 0.6 is 28.1 Å². The number of nitrogens with one attached hydrogen (secondary N) is 3. The first-order valence-corrected chi connectivity index (χ1v) is 11.3. The molecule has 0 aliphatic heterocycles. The summed E-state index contributed by atoms with van der Waals surface area (Å²) < 4.78 is 6.39. The molecule has 3 N–H and O–H groups in total. The number of hydrogen-bond donors (Lipinski definition) is 3. The summed E-state index contributed by atoms with van der Waals surface area (Å²) in [5.41, 5.74) is 1.35. The van der Waals surface area contributed by atoms with Gasteiger partial charge in [-0.3, -0.25) is 14.9 Å². The molecule has 0 saturated carbocycles. The zero-order chi connectivity index (χ0) is 23.0. The Morgan fingerprint density at radius 2 is 1.68 bits per heavy atom. The van der Waals surface area contributed by atoms with Crippen molar-refractivity contribution in [1.82, 2.24) is 10.6 Å². The summed E-state index contributed by atoms with van der Waals surface area (Å²) in [6.07, 6.45) is 2.02. The van der Waals surface area contributed by atoms with Gasteiger partial charge in [-0.05, 0) is 97.8 Å². The van der Waals surface area contributed by atoms with Crippen LogP contribution in [-0.4, -0.2) is 29.1 Å². The largest absolute Gasteiger partial charge is 0.492 e. The average Bonchev–Trinajstić information content (AvgIpc) is 2.68. The van der Waals surface area contributed by atoms with Crippen molar-refractivity contribution < 1.29 is 14.3 Å². The molecule has 2 amide bonds. The van der Waals surface area contributed by atoms with Crippen molar-refractivity contribution in [1.29, 1.82) is 0 Å². The van der Waals surface area contributed by atoms with Crippen LogP contribution in [0.1, 0.15) is 61.3 Å². The van der Waals surface area contributed by atoms with E-state index in [2.05, 4.69) is 38.8 Å². The lowest BCUT2D eigenvalue weighted by atomic mass is 10.1. The molecule has 0 spiro atoms. The number of benzene rings is 2. The van der Waals surface area contributed by atoms with Crippen molar-refractivity contribution >= 4 is 50.8 Å². The van der Waals surface area contributed by atoms with Gasteiger partial charge in [-0.25, -0.2) is 0 Å². The van der Waals surface area contributed by atoms with E-state index in [0.29, 0.717) is 33.6 Å². The molecule has 31 heavy (non-hydrogen) atoms. The summed E-state index contributed by atoms with van der Waals surface area (Å²) in [7, 11) is 0. The zero-order valence-electron chi connectivity index (χ0n) is 18.2. The number of thiocarbonyl (C=S) groups is 1. The van der Waals surface area contributed by atoms with Crippen molar-refractivity contribution in [3.63, 3.8) is 0 Å². The van der Waals surface area contributed by atoms with Gasteiger partial charge in [-0.2, -0.15) is 0 Å². The topological polar surface area (TPSA) is 79.5 Å². The van der Waals surface area contributed by atoms with Crippen LogP contribution in [0.5, 0.6) is 5.75 Å². The molecule has 8 heteroatoms. The number of amides is 2. The van der Waals surface area contributed by atoms with Gasteiger partial charge in [0.15, 0.2) is 5.11 Å². The number of anilines is 1. The van der Waals surface area contributed by atoms with E-state index in [1.165, 1.54) is 0 Å². The molecule has 2 rings (SSSR count). The molecule has 166 valence electrons. The number of ether oxygens (including phenoxy) is 1. The Morgan fingerprint density at radius 1 is 1.03 bits per heavy atom. The molecule has 2 aromatic rings. The van der Waals surface area contributed by atoms with Crippen molar-refractivity contribution in [3.05, 3.63) is 58.1 Å². The van der Waals surface area contributed by atoms with Gasteiger partial charge in [-0.15, -0.1) is 0 Å². The molecule has 0 saturated heterocycles. The fraction of sp³-hybridized carbons (Fsp3) is 0.348. The van der Waals surface area contributed by atoms with E-state index in [0.717, 1.165) is 12.8 Å². The predicted octanol–water partition coefficient (Wildman–Crippen LogP) is 5.28. The van der Waals surface area contributed by atoms with Gasteiger partial charge in [0.2, 0.25) is 0 Å². The Morgan fingerprint density at radius 3 is 2.26 bits per heavy atom. The van der Waals surface area contributed by atoms with Crippen LogP contribution in [0.2, 0.25) is 0 Å². The summed E-state index contributed by atoms with van der Waals surface area (Å²) in [6, 6.07) is 12.0. The van der Waals surface area contributed by atoms with E-state index in [1.807, 2.05) is 20.8 Å². The second-order valence-corrected chi connectivity index (χ2v) is 9.30. The minimum absolute atomic E-state index is 0.150. The number of carbonyl (C=O) groups excluding carboxylic acids is 2. The lowest BCUT2D eigenvalue weighted by molar-refractivity contribution is 0.0918. The lowest BCUT2D eigenvalue weighted by Gasteiger charge is -2.20. The minimum atomic E-state index is -0.334. The molecular weight excluding hydrogens is 478 g/mol. The Kier molecular flexibility index (Phi) is 9.00. The maximum Gasteiger partial charge on any atom is 0.257 e. The standard InChI is InChI=1S/C23H28BrN3O3S/c1-5-6-13-30-19-12-9-16(14-18(19)24)20(28)26-22(31)25-17-10-7-15(8-11-17)21(29)27-23(2,3)4/h7-12,14H,5-6,13H2,1-4H3,(H,27,29)(H2,25,26,28,31). The van der Waals surface area contributed by atoms with E-state index in [9.17, 15) is 9.59 Å². The Labute approximate surface area is 197 Å². The molecule has 0 aliphatic carbocycles. The molecule has 0 aliphatic rings. The Bertz CT molecular complexity index is 940. The normalized spacial score (nSPS) is 10.9. The third-order valence-electron chi connectivity index (χ3n) is 4.07. The van der Waals surface area contributed by atoms with Gasteiger partial charge in [-0.1, -0.05) is 13.3 Å². The molecule has 0 unspecified atom stereocenters. The summed E-state index contributed by atoms with van der Waals surface area (Å²) in [4.78, 5) is 24.7. The molecular formula is C23H28BrN3O3S. The molecule has 0 atom stereocenters. The fourth-order valence-electron chi connectivity index (χ4n) is 2.54. The maximum atomic E-state index is 12.5. The third kappa shape index (κ3) is 8.30. The molecule has 0 aromatic heterocycles. The quantitative estimate of drug-likeness (QED) is 0.352. The van der Waals surface area contributed by atoms with E-state index >= 15 is 0 Å². The predicted molar refractivity (Wildman–Crippen MR) is 132 cm³/mol. The second-order valence-electron chi connectivity index (χ2n) is 8.04. The summed E-state index contributed by atoms with van der Waals surface area (Å²) >= 11 is 8.68. The highest BCUT2D eigenvalue weighted by Crippen LogP contribution is 2.26. The zero-order valence-corrected chi connectivity index (χ0v) is 20.6.